The Morgan fingerprint density at radius 2 is 1.67 bits per heavy atom. The second kappa shape index (κ2) is 13.0. The normalized spacial score (nSPS) is 13.1. The number of alkyl carbamates (subject to hydrolysis) is 1. The third-order valence-corrected chi connectivity index (χ3v) is 4.87. The van der Waals surface area contributed by atoms with E-state index < -0.39 is 41.1 Å². The van der Waals surface area contributed by atoms with E-state index in [1.165, 1.54) is 4.90 Å². The molecule has 0 aliphatic rings. The van der Waals surface area contributed by atoms with E-state index in [1.54, 1.807) is 45.0 Å². The second-order valence-corrected chi connectivity index (χ2v) is 10.6. The fourth-order valence-electron chi connectivity index (χ4n) is 3.47. The molecule has 36 heavy (non-hydrogen) atoms. The Balaban J connectivity index is 3.49. The molecule has 2 atom stereocenters. The van der Waals surface area contributed by atoms with Crippen LogP contribution in [-0.2, 0) is 19.1 Å². The molecule has 9 nitrogen and oxygen atoms in total. The van der Waals surface area contributed by atoms with Crippen LogP contribution in [0, 0.1) is 12.3 Å². The summed E-state index contributed by atoms with van der Waals surface area (Å²) in [6.07, 6.45) is 5.03. The highest BCUT2D eigenvalue weighted by atomic mass is 16.6. The van der Waals surface area contributed by atoms with Gasteiger partial charge in [0.25, 0.3) is 0 Å². The Kier molecular flexibility index (Phi) is 11.0. The van der Waals surface area contributed by atoms with Crippen LogP contribution < -0.4 is 16.4 Å². The molecule has 1 rings (SSSR count). The second-order valence-electron chi connectivity index (χ2n) is 10.6. The summed E-state index contributed by atoms with van der Waals surface area (Å²) < 4.78 is 5.31. The quantitative estimate of drug-likeness (QED) is 0.425. The molecule has 1 aromatic carbocycles. The van der Waals surface area contributed by atoms with Gasteiger partial charge in [0.1, 0.15) is 17.7 Å². The average Bonchev–Trinajstić information content (AvgIpc) is 2.73. The lowest BCUT2D eigenvalue weighted by atomic mass is 9.98. The maximum Gasteiger partial charge on any atom is 0.408 e. The van der Waals surface area contributed by atoms with Gasteiger partial charge in [0.2, 0.25) is 17.7 Å². The van der Waals surface area contributed by atoms with Crippen LogP contribution in [0.3, 0.4) is 0 Å². The predicted molar refractivity (Wildman–Crippen MR) is 139 cm³/mol. The number of benzene rings is 1. The van der Waals surface area contributed by atoms with Crippen molar-refractivity contribution in [2.45, 2.75) is 91.0 Å². The minimum absolute atomic E-state index is 0.0444. The first-order valence-corrected chi connectivity index (χ1v) is 12.0. The molecule has 0 aliphatic heterocycles. The van der Waals surface area contributed by atoms with E-state index in [9.17, 15) is 19.2 Å². The van der Waals surface area contributed by atoms with Crippen LogP contribution in [0.5, 0.6) is 0 Å². The lowest BCUT2D eigenvalue weighted by molar-refractivity contribution is -0.143. The Hall–Kier alpha value is -3.54. The molecule has 0 saturated heterocycles. The van der Waals surface area contributed by atoms with Gasteiger partial charge < -0.3 is 26.0 Å². The van der Waals surface area contributed by atoms with E-state index in [-0.39, 0.29) is 25.3 Å². The number of ether oxygens (including phenoxy) is 1. The minimum atomic E-state index is -1.13. The summed E-state index contributed by atoms with van der Waals surface area (Å²) in [5.74, 6) is 1.01. The summed E-state index contributed by atoms with van der Waals surface area (Å²) in [7, 11) is 0. The number of nitrogens with zero attached hydrogens (tertiary/aromatic N) is 1. The average molecular weight is 501 g/mol. The topological polar surface area (TPSA) is 131 Å². The lowest BCUT2D eigenvalue weighted by Crippen LogP contribution is -2.55. The first kappa shape index (κ1) is 30.5. The maximum absolute atomic E-state index is 13.8. The Labute approximate surface area is 214 Å². The van der Waals surface area contributed by atoms with Gasteiger partial charge in [-0.1, -0.05) is 25.0 Å². The summed E-state index contributed by atoms with van der Waals surface area (Å²) in [4.78, 5) is 52.8. The van der Waals surface area contributed by atoms with Gasteiger partial charge in [-0.2, -0.15) is 0 Å². The number of carbonyl (C=O) groups is 4. The highest BCUT2D eigenvalue weighted by Crippen LogP contribution is 2.25. The molecule has 0 bridgehead atoms. The van der Waals surface area contributed by atoms with Crippen molar-refractivity contribution in [1.82, 2.24) is 15.5 Å². The number of nitrogens with two attached hydrogens (primary N) is 1. The number of hydrogen-bond acceptors (Lipinski definition) is 5. The molecule has 0 saturated carbocycles. The van der Waals surface area contributed by atoms with Gasteiger partial charge in [-0.3, -0.25) is 14.4 Å². The molecule has 0 aromatic heterocycles. The SMILES string of the molecule is C#Cc1ccc(C(C(=O)NC(C)(C)C)N(CCC)C(=O)C(CCC(N)=O)NC(=O)OC(C)(C)C)cc1. The molecule has 1 aromatic rings. The van der Waals surface area contributed by atoms with E-state index in [1.807, 2.05) is 27.7 Å². The highest BCUT2D eigenvalue weighted by molar-refractivity contribution is 5.92. The number of terminal acetylenes is 1. The third-order valence-electron chi connectivity index (χ3n) is 4.87. The van der Waals surface area contributed by atoms with Crippen LogP contribution in [0.15, 0.2) is 24.3 Å². The number of hydrogen-bond donors (Lipinski definition) is 3. The highest BCUT2D eigenvalue weighted by Gasteiger charge is 2.37. The van der Waals surface area contributed by atoms with E-state index in [0.717, 1.165) is 0 Å². The number of primary amides is 1. The fourth-order valence-corrected chi connectivity index (χ4v) is 3.47. The smallest absolute Gasteiger partial charge is 0.408 e. The summed E-state index contributed by atoms with van der Waals surface area (Å²) in [5.41, 5.74) is 5.15. The van der Waals surface area contributed by atoms with Crippen LogP contribution in [-0.4, -0.2) is 52.4 Å². The minimum Gasteiger partial charge on any atom is -0.444 e. The van der Waals surface area contributed by atoms with Crippen LogP contribution in [0.25, 0.3) is 0 Å². The van der Waals surface area contributed by atoms with Gasteiger partial charge in [0.05, 0.1) is 0 Å². The molecule has 4 N–H and O–H groups in total. The molecule has 4 amide bonds. The molecule has 0 fully saturated rings. The van der Waals surface area contributed by atoms with E-state index in [2.05, 4.69) is 16.6 Å². The molecule has 0 aliphatic carbocycles. The lowest BCUT2D eigenvalue weighted by Gasteiger charge is -2.36. The van der Waals surface area contributed by atoms with E-state index in [0.29, 0.717) is 17.5 Å². The van der Waals surface area contributed by atoms with Crippen molar-refractivity contribution in [3.8, 4) is 12.3 Å². The van der Waals surface area contributed by atoms with Crippen molar-refractivity contribution in [3.63, 3.8) is 0 Å². The monoisotopic (exact) mass is 500 g/mol. The Morgan fingerprint density at radius 1 is 1.08 bits per heavy atom. The maximum atomic E-state index is 13.8. The van der Waals surface area contributed by atoms with E-state index in [4.69, 9.17) is 16.9 Å². The molecule has 2 unspecified atom stereocenters. The van der Waals surface area contributed by atoms with Crippen molar-refractivity contribution in [3.05, 3.63) is 35.4 Å². The van der Waals surface area contributed by atoms with Crippen molar-refractivity contribution in [1.29, 1.82) is 0 Å². The summed E-state index contributed by atoms with van der Waals surface area (Å²) in [5, 5.41) is 5.50. The van der Waals surface area contributed by atoms with Gasteiger partial charge in [0.15, 0.2) is 0 Å². The molecular formula is C27H40N4O5. The molecule has 0 heterocycles. The number of carbonyl (C=O) groups excluding carboxylic acids is 4. The summed E-state index contributed by atoms with van der Waals surface area (Å²) in [6, 6.07) is 4.68. The fraction of sp³-hybridized carbons (Fsp3) is 0.556. The van der Waals surface area contributed by atoms with Crippen molar-refractivity contribution >= 4 is 23.8 Å². The van der Waals surface area contributed by atoms with Crippen LogP contribution >= 0.6 is 0 Å². The zero-order valence-electron chi connectivity index (χ0n) is 22.4. The van der Waals surface area contributed by atoms with Crippen LogP contribution in [0.1, 0.15) is 84.9 Å². The molecule has 9 heteroatoms. The van der Waals surface area contributed by atoms with Gasteiger partial charge in [-0.25, -0.2) is 4.79 Å². The molecule has 0 radical (unpaired) electrons. The molecular weight excluding hydrogens is 460 g/mol. The standard InChI is InChI=1S/C27H40N4O5/c1-9-17-31(24(34)20(15-16-21(28)32)29-25(35)36-27(6,7)8)22(23(33)30-26(3,4)5)19-13-11-18(10-2)12-14-19/h2,11-14,20,22H,9,15-17H2,1,3-8H3,(H2,28,32)(H,29,35)(H,30,33). The zero-order chi connectivity index (χ0) is 27.7. The Morgan fingerprint density at radius 3 is 2.11 bits per heavy atom. The zero-order valence-corrected chi connectivity index (χ0v) is 22.4. The summed E-state index contributed by atoms with van der Waals surface area (Å²) >= 11 is 0. The first-order chi connectivity index (χ1) is 16.6. The number of rotatable bonds is 10. The number of amides is 4. The van der Waals surface area contributed by atoms with Gasteiger partial charge in [-0.15, -0.1) is 6.42 Å². The largest absolute Gasteiger partial charge is 0.444 e. The van der Waals surface area contributed by atoms with Gasteiger partial charge >= 0.3 is 6.09 Å². The summed E-state index contributed by atoms with van der Waals surface area (Å²) in [6.45, 7) is 12.7. The predicted octanol–water partition coefficient (Wildman–Crippen LogP) is 3.02. The van der Waals surface area contributed by atoms with Crippen LogP contribution in [0.4, 0.5) is 4.79 Å². The Bertz CT molecular complexity index is 968. The number of nitrogens with one attached hydrogen (secondary N) is 2. The van der Waals surface area contributed by atoms with Crippen molar-refractivity contribution in [2.24, 2.45) is 5.73 Å². The molecule has 0 spiro atoms. The van der Waals surface area contributed by atoms with Crippen molar-refractivity contribution < 1.29 is 23.9 Å². The third kappa shape index (κ3) is 10.4. The van der Waals surface area contributed by atoms with E-state index >= 15 is 0 Å². The van der Waals surface area contributed by atoms with Gasteiger partial charge in [-0.05, 0) is 72.1 Å². The van der Waals surface area contributed by atoms with Crippen molar-refractivity contribution in [2.75, 3.05) is 6.54 Å². The molecule has 198 valence electrons. The van der Waals surface area contributed by atoms with Gasteiger partial charge in [0, 0.05) is 24.1 Å². The van der Waals surface area contributed by atoms with Crippen LogP contribution in [0.2, 0.25) is 0 Å². The first-order valence-electron chi connectivity index (χ1n) is 12.0.